The van der Waals surface area contributed by atoms with Crippen molar-refractivity contribution in [3.05, 3.63) is 107 Å². The Balaban J connectivity index is 1.63. The molecule has 1 aromatic heterocycles. The highest BCUT2D eigenvalue weighted by atomic mass is 32.2. The number of hydrogen-bond donors (Lipinski definition) is 2. The van der Waals surface area contributed by atoms with Crippen molar-refractivity contribution in [2.45, 2.75) is 13.0 Å². The predicted molar refractivity (Wildman–Crippen MR) is 126 cm³/mol. The third kappa shape index (κ3) is 5.33. The van der Waals surface area contributed by atoms with E-state index in [9.17, 15) is 22.3 Å². The summed E-state index contributed by atoms with van der Waals surface area (Å²) < 4.78 is 59.1. The van der Waals surface area contributed by atoms with Gasteiger partial charge in [-0.15, -0.1) is 0 Å². The first-order valence-corrected chi connectivity index (χ1v) is 11.8. The van der Waals surface area contributed by atoms with E-state index in [2.05, 4.69) is 14.1 Å². The van der Waals surface area contributed by atoms with Crippen molar-refractivity contribution >= 4 is 40.4 Å². The molecule has 4 rings (SSSR count). The number of carbonyl (C=O) groups excluding carboxylic acids is 1. The van der Waals surface area contributed by atoms with Crippen LogP contribution in [0.1, 0.15) is 27.2 Å². The number of benzene rings is 3. The van der Waals surface area contributed by atoms with Crippen LogP contribution in [-0.2, 0) is 24.2 Å². The van der Waals surface area contributed by atoms with Crippen molar-refractivity contribution in [2.75, 3.05) is 4.31 Å². The van der Waals surface area contributed by atoms with Crippen LogP contribution in [0.15, 0.2) is 72.8 Å². The van der Waals surface area contributed by atoms with E-state index in [0.717, 1.165) is 33.7 Å². The van der Waals surface area contributed by atoms with E-state index in [0.29, 0.717) is 12.1 Å². The van der Waals surface area contributed by atoms with Gasteiger partial charge in [-0.05, 0) is 23.8 Å². The summed E-state index contributed by atoms with van der Waals surface area (Å²) in [5, 5.41) is 2.57. The van der Waals surface area contributed by atoms with Crippen molar-refractivity contribution in [3.63, 3.8) is 0 Å². The van der Waals surface area contributed by atoms with E-state index in [1.165, 1.54) is 18.2 Å². The van der Waals surface area contributed by atoms with Gasteiger partial charge in [0.2, 0.25) is 0 Å². The molecule has 7 nitrogen and oxygen atoms in total. The predicted octanol–water partition coefficient (Wildman–Crippen LogP) is 4.61. The van der Waals surface area contributed by atoms with Crippen LogP contribution in [0.2, 0.25) is 0 Å². The van der Waals surface area contributed by atoms with E-state index < -0.39 is 28.8 Å². The third-order valence-corrected chi connectivity index (χ3v) is 6.16. The summed E-state index contributed by atoms with van der Waals surface area (Å²) >= 11 is -1.68. The lowest BCUT2D eigenvalue weighted by Gasteiger charge is -2.21. The van der Waals surface area contributed by atoms with Crippen molar-refractivity contribution in [1.82, 2.24) is 14.1 Å². The van der Waals surface area contributed by atoms with Crippen LogP contribution in [0.25, 0.3) is 0 Å². The summed E-state index contributed by atoms with van der Waals surface area (Å²) in [7, 11) is 0. The molecule has 0 aliphatic carbocycles. The quantitative estimate of drug-likeness (QED) is 0.345. The Morgan fingerprint density at radius 1 is 1.03 bits per heavy atom. The normalized spacial score (nSPS) is 11.7. The summed E-state index contributed by atoms with van der Waals surface area (Å²) in [5.41, 5.74) is 1.71. The minimum Gasteiger partial charge on any atom is -0.348 e. The van der Waals surface area contributed by atoms with Gasteiger partial charge in [0.05, 0.1) is 23.0 Å². The van der Waals surface area contributed by atoms with Crippen LogP contribution in [0.3, 0.4) is 0 Å². The van der Waals surface area contributed by atoms with Crippen LogP contribution in [0.4, 0.5) is 20.3 Å². The van der Waals surface area contributed by atoms with Crippen molar-refractivity contribution in [3.8, 4) is 0 Å². The van der Waals surface area contributed by atoms with E-state index in [1.807, 2.05) is 30.3 Å². The second kappa shape index (κ2) is 10.6. The van der Waals surface area contributed by atoms with Crippen molar-refractivity contribution in [2.24, 2.45) is 0 Å². The van der Waals surface area contributed by atoms with Gasteiger partial charge in [-0.3, -0.25) is 9.35 Å². The molecule has 0 radical (unpaired) electrons. The molecular weight excluding hydrogens is 482 g/mol. The fraction of sp³-hybridized carbons (Fsp3) is 0.0870. The van der Waals surface area contributed by atoms with Gasteiger partial charge in [0.1, 0.15) is 17.3 Å². The summed E-state index contributed by atoms with van der Waals surface area (Å²) in [6, 6.07) is 18.7. The highest BCUT2D eigenvalue weighted by Crippen LogP contribution is 2.32. The number of carbonyl (C=O) groups is 1. The molecule has 11 heteroatoms. The number of anilines is 2. The van der Waals surface area contributed by atoms with E-state index in [1.54, 1.807) is 12.1 Å². The Hall–Kier alpha value is -3.54. The molecule has 1 unspecified atom stereocenters. The maximum absolute atomic E-state index is 13.9. The molecule has 4 aromatic rings. The van der Waals surface area contributed by atoms with Gasteiger partial charge in [-0.2, -0.15) is 8.75 Å². The Kier molecular flexibility index (Phi) is 7.36. The maximum Gasteiger partial charge on any atom is 0.268 e. The highest BCUT2D eigenvalue weighted by Gasteiger charge is 2.26. The van der Waals surface area contributed by atoms with E-state index in [4.69, 9.17) is 0 Å². The molecule has 1 amide bonds. The van der Waals surface area contributed by atoms with Gasteiger partial charge in [-0.25, -0.2) is 17.3 Å². The van der Waals surface area contributed by atoms with Crippen LogP contribution >= 0.6 is 11.7 Å². The van der Waals surface area contributed by atoms with Crippen LogP contribution < -0.4 is 9.62 Å². The lowest BCUT2D eigenvalue weighted by molar-refractivity contribution is 0.0951. The molecule has 0 saturated carbocycles. The number of nitrogens with zero attached hydrogens (tertiary/aromatic N) is 3. The van der Waals surface area contributed by atoms with Gasteiger partial charge in [0.15, 0.2) is 5.82 Å². The molecule has 0 fully saturated rings. The topological polar surface area (TPSA) is 95.4 Å². The first-order valence-electron chi connectivity index (χ1n) is 10.0. The van der Waals surface area contributed by atoms with Gasteiger partial charge < -0.3 is 5.32 Å². The molecular formula is C23H18F2N4O3S2. The smallest absolute Gasteiger partial charge is 0.268 e. The molecule has 1 atom stereocenters. The first kappa shape index (κ1) is 23.6. The fourth-order valence-electron chi connectivity index (χ4n) is 3.31. The molecule has 0 aliphatic rings. The van der Waals surface area contributed by atoms with Crippen LogP contribution in [-0.4, -0.2) is 23.4 Å². The summed E-state index contributed by atoms with van der Waals surface area (Å²) in [6.45, 7) is -0.195. The fourth-order valence-corrected chi connectivity index (χ4v) is 4.53. The largest absolute Gasteiger partial charge is 0.348 e. The molecule has 34 heavy (non-hydrogen) atoms. The molecule has 0 saturated heterocycles. The third-order valence-electron chi connectivity index (χ3n) is 4.92. The first-order chi connectivity index (χ1) is 16.4. The number of halogens is 2. The Morgan fingerprint density at radius 2 is 1.76 bits per heavy atom. The summed E-state index contributed by atoms with van der Waals surface area (Å²) in [5.74, 6) is -1.96. The molecule has 3 aromatic carbocycles. The minimum atomic E-state index is -2.57. The number of hydrogen-bond acceptors (Lipinski definition) is 5. The highest BCUT2D eigenvalue weighted by molar-refractivity contribution is 7.81. The number of para-hydroxylation sites is 1. The average molecular weight is 501 g/mol. The van der Waals surface area contributed by atoms with E-state index >= 15 is 0 Å². The summed E-state index contributed by atoms with van der Waals surface area (Å²) in [4.78, 5) is 12.9. The number of amides is 1. The lowest BCUT2D eigenvalue weighted by Crippen LogP contribution is -2.28. The standard InChI is InChI=1S/C23H18F2N4O3S2/c24-17-11-10-16(19(25)13-17)14-26-23(30)18-8-4-5-9-21(18)29(34(31)32)22-20(27-33-28-22)12-15-6-2-1-3-7-15/h1-11,13H,12,14H2,(H,26,30)(H,31,32). The zero-order valence-electron chi connectivity index (χ0n) is 17.5. The Morgan fingerprint density at radius 3 is 2.50 bits per heavy atom. The van der Waals surface area contributed by atoms with E-state index in [-0.39, 0.29) is 29.2 Å². The molecule has 0 aliphatic heterocycles. The zero-order chi connectivity index (χ0) is 24.1. The van der Waals surface area contributed by atoms with Crippen LogP contribution in [0.5, 0.6) is 0 Å². The Labute approximate surface area is 200 Å². The van der Waals surface area contributed by atoms with Crippen LogP contribution in [0, 0.1) is 11.6 Å². The zero-order valence-corrected chi connectivity index (χ0v) is 19.2. The number of rotatable bonds is 8. The van der Waals surface area contributed by atoms with Gasteiger partial charge in [-0.1, -0.05) is 48.5 Å². The monoisotopic (exact) mass is 500 g/mol. The Bertz CT molecular complexity index is 1330. The molecule has 0 spiro atoms. The lowest BCUT2D eigenvalue weighted by atomic mass is 10.1. The molecule has 174 valence electrons. The maximum atomic E-state index is 13.9. The average Bonchev–Trinajstić information content (AvgIpc) is 3.26. The van der Waals surface area contributed by atoms with Crippen molar-refractivity contribution < 1.29 is 22.3 Å². The summed E-state index contributed by atoms with van der Waals surface area (Å²) in [6.07, 6.45) is 0.374. The second-order valence-electron chi connectivity index (χ2n) is 7.16. The van der Waals surface area contributed by atoms with Gasteiger partial charge in [0, 0.05) is 24.6 Å². The van der Waals surface area contributed by atoms with Crippen molar-refractivity contribution in [1.29, 1.82) is 0 Å². The van der Waals surface area contributed by atoms with Gasteiger partial charge >= 0.3 is 0 Å². The number of aromatic nitrogens is 2. The minimum absolute atomic E-state index is 0.0751. The molecule has 1 heterocycles. The SMILES string of the molecule is O=C(NCc1ccc(F)cc1F)c1ccccc1N(c1nsnc1Cc1ccccc1)S(=O)O. The second-order valence-corrected chi connectivity index (χ2v) is 8.51. The molecule has 2 N–H and O–H groups in total. The number of nitrogens with one attached hydrogen (secondary N) is 1. The van der Waals surface area contributed by atoms with Gasteiger partial charge in [0.25, 0.3) is 17.2 Å². The molecule has 0 bridgehead atoms.